The fraction of sp³-hybridized carbons (Fsp3) is 0.500. The number of carbonyl (C=O) groups excluding carboxylic acids is 1. The van der Waals surface area contributed by atoms with Gasteiger partial charge in [0.1, 0.15) is 0 Å². The lowest BCUT2D eigenvalue weighted by molar-refractivity contribution is -0.132. The molecule has 0 spiro atoms. The molecule has 1 saturated heterocycles. The SMILES string of the molecule is Cc1nn(C)c(C)c1CC(=O)N1CCN(Cc2cccnc2)CC1. The molecule has 2 aromatic rings. The van der Waals surface area contributed by atoms with Crippen molar-refractivity contribution >= 4 is 5.91 Å². The van der Waals surface area contributed by atoms with E-state index >= 15 is 0 Å². The molecule has 1 aliphatic heterocycles. The van der Waals surface area contributed by atoms with E-state index < -0.39 is 0 Å². The van der Waals surface area contributed by atoms with Gasteiger partial charge in [0, 0.05) is 63.4 Å². The van der Waals surface area contributed by atoms with Crippen LogP contribution in [-0.4, -0.2) is 56.7 Å². The maximum atomic E-state index is 12.6. The standard InChI is InChI=1S/C18H25N5O/c1-14-17(15(2)21(3)20-14)11-18(24)23-9-7-22(8-10-23)13-16-5-4-6-19-12-16/h4-6,12H,7-11,13H2,1-3H3. The summed E-state index contributed by atoms with van der Waals surface area (Å²) in [6.45, 7) is 8.29. The van der Waals surface area contributed by atoms with Crippen molar-refractivity contribution in [3.05, 3.63) is 47.0 Å². The molecule has 24 heavy (non-hydrogen) atoms. The Hall–Kier alpha value is -2.21. The van der Waals surface area contributed by atoms with Crippen LogP contribution in [-0.2, 0) is 24.8 Å². The van der Waals surface area contributed by atoms with Gasteiger partial charge in [-0.15, -0.1) is 0 Å². The third-order valence-corrected chi connectivity index (χ3v) is 4.84. The Morgan fingerprint density at radius 3 is 2.54 bits per heavy atom. The summed E-state index contributed by atoms with van der Waals surface area (Å²) in [6.07, 6.45) is 4.15. The Labute approximate surface area is 143 Å². The summed E-state index contributed by atoms with van der Waals surface area (Å²) >= 11 is 0. The molecular weight excluding hydrogens is 302 g/mol. The molecule has 0 aliphatic carbocycles. The first-order valence-electron chi connectivity index (χ1n) is 8.42. The molecule has 0 radical (unpaired) electrons. The number of pyridine rings is 1. The van der Waals surface area contributed by atoms with E-state index in [-0.39, 0.29) is 5.91 Å². The van der Waals surface area contributed by atoms with Crippen LogP contribution < -0.4 is 0 Å². The summed E-state index contributed by atoms with van der Waals surface area (Å²) in [6, 6.07) is 4.06. The van der Waals surface area contributed by atoms with Crippen molar-refractivity contribution < 1.29 is 4.79 Å². The fourth-order valence-corrected chi connectivity index (χ4v) is 3.24. The van der Waals surface area contributed by atoms with Crippen LogP contribution in [0.2, 0.25) is 0 Å². The zero-order valence-electron chi connectivity index (χ0n) is 14.7. The Morgan fingerprint density at radius 1 is 1.21 bits per heavy atom. The first-order chi connectivity index (χ1) is 11.5. The molecule has 3 heterocycles. The number of piperazine rings is 1. The minimum atomic E-state index is 0.204. The van der Waals surface area contributed by atoms with E-state index in [9.17, 15) is 4.79 Å². The number of aromatic nitrogens is 3. The average Bonchev–Trinajstić information content (AvgIpc) is 2.83. The highest BCUT2D eigenvalue weighted by Gasteiger charge is 2.23. The molecule has 1 aliphatic rings. The lowest BCUT2D eigenvalue weighted by Crippen LogP contribution is -2.48. The summed E-state index contributed by atoms with van der Waals surface area (Å²) in [5.74, 6) is 0.204. The van der Waals surface area contributed by atoms with Gasteiger partial charge in [0.2, 0.25) is 5.91 Å². The lowest BCUT2D eigenvalue weighted by Gasteiger charge is -2.34. The van der Waals surface area contributed by atoms with E-state index in [0.717, 1.165) is 49.7 Å². The molecule has 0 saturated carbocycles. The summed E-state index contributed by atoms with van der Waals surface area (Å²) < 4.78 is 1.85. The number of aryl methyl sites for hydroxylation is 2. The zero-order valence-corrected chi connectivity index (χ0v) is 14.7. The molecule has 6 heteroatoms. The normalized spacial score (nSPS) is 15.7. The summed E-state index contributed by atoms with van der Waals surface area (Å²) in [5.41, 5.74) is 4.33. The van der Waals surface area contributed by atoms with Gasteiger partial charge in [-0.3, -0.25) is 19.4 Å². The van der Waals surface area contributed by atoms with Gasteiger partial charge >= 0.3 is 0 Å². The second-order valence-corrected chi connectivity index (χ2v) is 6.47. The number of rotatable bonds is 4. The predicted octanol–water partition coefficient (Wildman–Crippen LogP) is 1.32. The van der Waals surface area contributed by atoms with Crippen molar-refractivity contribution in [2.75, 3.05) is 26.2 Å². The van der Waals surface area contributed by atoms with Crippen molar-refractivity contribution in [1.29, 1.82) is 0 Å². The van der Waals surface area contributed by atoms with Gasteiger partial charge in [-0.05, 0) is 25.5 Å². The van der Waals surface area contributed by atoms with E-state index in [1.165, 1.54) is 5.56 Å². The van der Waals surface area contributed by atoms with Gasteiger partial charge < -0.3 is 4.90 Å². The minimum absolute atomic E-state index is 0.204. The van der Waals surface area contributed by atoms with Crippen molar-refractivity contribution in [3.8, 4) is 0 Å². The van der Waals surface area contributed by atoms with Gasteiger partial charge in [0.05, 0.1) is 12.1 Å². The molecule has 0 atom stereocenters. The largest absolute Gasteiger partial charge is 0.340 e. The van der Waals surface area contributed by atoms with E-state index in [4.69, 9.17) is 0 Å². The van der Waals surface area contributed by atoms with Crippen LogP contribution in [0, 0.1) is 13.8 Å². The molecule has 2 aromatic heterocycles. The molecule has 6 nitrogen and oxygen atoms in total. The maximum Gasteiger partial charge on any atom is 0.227 e. The van der Waals surface area contributed by atoms with Crippen molar-refractivity contribution in [1.82, 2.24) is 24.6 Å². The van der Waals surface area contributed by atoms with Gasteiger partial charge in [0.25, 0.3) is 0 Å². The molecular formula is C18H25N5O. The van der Waals surface area contributed by atoms with Crippen LogP contribution in [0.3, 0.4) is 0 Å². The molecule has 0 N–H and O–H groups in total. The van der Waals surface area contributed by atoms with Crippen molar-refractivity contribution in [2.45, 2.75) is 26.8 Å². The molecule has 0 bridgehead atoms. The summed E-state index contributed by atoms with van der Waals surface area (Å²) in [4.78, 5) is 21.1. The molecule has 128 valence electrons. The third kappa shape index (κ3) is 3.64. The van der Waals surface area contributed by atoms with Gasteiger partial charge in [-0.1, -0.05) is 6.07 Å². The Balaban J connectivity index is 1.53. The summed E-state index contributed by atoms with van der Waals surface area (Å²) in [5, 5.41) is 4.40. The predicted molar refractivity (Wildman–Crippen MR) is 92.5 cm³/mol. The van der Waals surface area contributed by atoms with E-state index in [1.807, 2.05) is 42.7 Å². The highest BCUT2D eigenvalue weighted by atomic mass is 16.2. The number of hydrogen-bond acceptors (Lipinski definition) is 4. The fourth-order valence-electron chi connectivity index (χ4n) is 3.24. The van der Waals surface area contributed by atoms with Crippen molar-refractivity contribution in [3.63, 3.8) is 0 Å². The topological polar surface area (TPSA) is 54.3 Å². The van der Waals surface area contributed by atoms with Gasteiger partial charge in [0.15, 0.2) is 0 Å². The highest BCUT2D eigenvalue weighted by molar-refractivity contribution is 5.79. The molecule has 1 amide bonds. The lowest BCUT2D eigenvalue weighted by atomic mass is 10.1. The second-order valence-electron chi connectivity index (χ2n) is 6.47. The van der Waals surface area contributed by atoms with Crippen molar-refractivity contribution in [2.24, 2.45) is 7.05 Å². The zero-order chi connectivity index (χ0) is 17.1. The maximum absolute atomic E-state index is 12.6. The highest BCUT2D eigenvalue weighted by Crippen LogP contribution is 2.15. The number of hydrogen-bond donors (Lipinski definition) is 0. The molecule has 0 aromatic carbocycles. The van der Waals surface area contributed by atoms with Crippen LogP contribution >= 0.6 is 0 Å². The summed E-state index contributed by atoms with van der Waals surface area (Å²) in [7, 11) is 1.92. The first-order valence-corrected chi connectivity index (χ1v) is 8.42. The van der Waals surface area contributed by atoms with Crippen LogP contribution in [0.5, 0.6) is 0 Å². The quantitative estimate of drug-likeness (QED) is 0.850. The van der Waals surface area contributed by atoms with E-state index in [1.54, 1.807) is 6.20 Å². The van der Waals surface area contributed by atoms with Crippen LogP contribution in [0.4, 0.5) is 0 Å². The molecule has 1 fully saturated rings. The number of amides is 1. The average molecular weight is 327 g/mol. The smallest absolute Gasteiger partial charge is 0.227 e. The monoisotopic (exact) mass is 327 g/mol. The van der Waals surface area contributed by atoms with Crippen LogP contribution in [0.15, 0.2) is 24.5 Å². The van der Waals surface area contributed by atoms with E-state index in [2.05, 4.69) is 21.0 Å². The van der Waals surface area contributed by atoms with Crippen LogP contribution in [0.1, 0.15) is 22.5 Å². The Kier molecular flexibility index (Phi) is 4.94. The Bertz CT molecular complexity index is 702. The van der Waals surface area contributed by atoms with Crippen LogP contribution in [0.25, 0.3) is 0 Å². The molecule has 0 unspecified atom stereocenters. The number of carbonyl (C=O) groups is 1. The molecule has 3 rings (SSSR count). The van der Waals surface area contributed by atoms with Gasteiger partial charge in [-0.2, -0.15) is 5.10 Å². The second kappa shape index (κ2) is 7.13. The number of nitrogens with zero attached hydrogens (tertiary/aromatic N) is 5. The van der Waals surface area contributed by atoms with Gasteiger partial charge in [-0.25, -0.2) is 0 Å². The Morgan fingerprint density at radius 2 is 1.96 bits per heavy atom. The minimum Gasteiger partial charge on any atom is -0.340 e. The first kappa shape index (κ1) is 16.6. The van der Waals surface area contributed by atoms with E-state index in [0.29, 0.717) is 6.42 Å². The third-order valence-electron chi connectivity index (χ3n) is 4.84.